The first-order valence-electron chi connectivity index (χ1n) is 3.28. The van der Waals surface area contributed by atoms with Crippen molar-refractivity contribution in [3.8, 4) is 0 Å². The van der Waals surface area contributed by atoms with Crippen molar-refractivity contribution in [1.82, 2.24) is 0 Å². The molecule has 0 saturated carbocycles. The van der Waals surface area contributed by atoms with E-state index >= 15 is 0 Å². The summed E-state index contributed by atoms with van der Waals surface area (Å²) in [6.07, 6.45) is 4.51. The van der Waals surface area contributed by atoms with Gasteiger partial charge in [0.15, 0.2) is 5.78 Å². The molecule has 0 bridgehead atoms. The van der Waals surface area contributed by atoms with Gasteiger partial charge in [-0.05, 0) is 19.1 Å². The Morgan fingerprint density at radius 1 is 1.55 bits per heavy atom. The lowest BCUT2D eigenvalue weighted by molar-refractivity contribution is -0.110. The van der Waals surface area contributed by atoms with E-state index in [-0.39, 0.29) is 5.78 Å². The second-order valence-corrected chi connectivity index (χ2v) is 2.38. The van der Waals surface area contributed by atoms with Crippen LogP contribution in [0.2, 0.25) is 0 Å². The van der Waals surface area contributed by atoms with Crippen LogP contribution in [0, 0.1) is 0 Å². The molecule has 0 saturated heterocycles. The van der Waals surface area contributed by atoms with Gasteiger partial charge in [0.2, 0.25) is 0 Å². The molecule has 1 rings (SSSR count). The van der Waals surface area contributed by atoms with E-state index in [0.29, 0.717) is 16.8 Å². The molecule has 4 N–H and O–H groups in total. The third-order valence-electron chi connectivity index (χ3n) is 1.52. The van der Waals surface area contributed by atoms with Gasteiger partial charge in [-0.2, -0.15) is 0 Å². The molecule has 0 spiro atoms. The molecule has 1 aliphatic carbocycles. The van der Waals surface area contributed by atoms with Crippen molar-refractivity contribution in [3.05, 3.63) is 35.2 Å². The molecule has 0 unspecified atom stereocenters. The molecule has 0 amide bonds. The van der Waals surface area contributed by atoms with Crippen LogP contribution in [-0.2, 0) is 4.79 Å². The predicted octanol–water partition coefficient (Wildman–Crippen LogP) is 0.201. The molecule has 0 fully saturated rings. The number of ketones is 1. The minimum absolute atomic E-state index is 0.0679. The van der Waals surface area contributed by atoms with E-state index in [9.17, 15) is 4.79 Å². The minimum atomic E-state index is -0.0679. The molecule has 0 atom stereocenters. The van der Waals surface area contributed by atoms with Crippen LogP contribution in [0.5, 0.6) is 0 Å². The number of hydrogen-bond donors (Lipinski definition) is 2. The summed E-state index contributed by atoms with van der Waals surface area (Å²) in [6.45, 7) is 1.68. The summed E-state index contributed by atoms with van der Waals surface area (Å²) in [5.41, 5.74) is 12.5. The number of hydrogen-bond acceptors (Lipinski definition) is 3. The predicted molar refractivity (Wildman–Crippen MR) is 43.3 cm³/mol. The van der Waals surface area contributed by atoms with Gasteiger partial charge in [0.25, 0.3) is 0 Å². The van der Waals surface area contributed by atoms with E-state index in [1.54, 1.807) is 13.0 Å². The average molecular weight is 150 g/mol. The fourth-order valence-corrected chi connectivity index (χ4v) is 1.04. The topological polar surface area (TPSA) is 69.1 Å². The highest BCUT2D eigenvalue weighted by molar-refractivity contribution is 6.12. The SMILES string of the molecule is C/C(N)=C1\C(=O)C=C\C1=C\N. The Morgan fingerprint density at radius 2 is 2.18 bits per heavy atom. The maximum absolute atomic E-state index is 11.1. The smallest absolute Gasteiger partial charge is 0.188 e. The van der Waals surface area contributed by atoms with Gasteiger partial charge in [-0.15, -0.1) is 0 Å². The van der Waals surface area contributed by atoms with Crippen LogP contribution in [0.1, 0.15) is 6.92 Å². The van der Waals surface area contributed by atoms with Crippen molar-refractivity contribution in [1.29, 1.82) is 0 Å². The van der Waals surface area contributed by atoms with Crippen LogP contribution in [0.15, 0.2) is 35.2 Å². The third kappa shape index (κ3) is 1.17. The molecule has 0 aliphatic heterocycles. The lowest BCUT2D eigenvalue weighted by atomic mass is 10.1. The number of allylic oxidation sites excluding steroid dienone is 5. The van der Waals surface area contributed by atoms with E-state index in [2.05, 4.69) is 0 Å². The molecule has 3 heteroatoms. The molecule has 0 aromatic carbocycles. The van der Waals surface area contributed by atoms with Gasteiger partial charge < -0.3 is 11.5 Å². The zero-order chi connectivity index (χ0) is 8.43. The van der Waals surface area contributed by atoms with Gasteiger partial charge >= 0.3 is 0 Å². The van der Waals surface area contributed by atoms with Crippen molar-refractivity contribution in [2.45, 2.75) is 6.92 Å². The highest BCUT2D eigenvalue weighted by atomic mass is 16.1. The standard InChI is InChI=1S/C8H10N2O/c1-5(10)8-6(4-9)2-3-7(8)11/h2-4H,9-10H2,1H3/b6-4-,8-5+. The fraction of sp³-hybridized carbons (Fsp3) is 0.125. The Morgan fingerprint density at radius 3 is 2.55 bits per heavy atom. The average Bonchev–Trinajstić information content (AvgIpc) is 2.30. The van der Waals surface area contributed by atoms with Crippen LogP contribution in [-0.4, -0.2) is 5.78 Å². The van der Waals surface area contributed by atoms with Gasteiger partial charge in [-0.25, -0.2) is 0 Å². The molecule has 0 radical (unpaired) electrons. The Hall–Kier alpha value is -1.51. The summed E-state index contributed by atoms with van der Waals surface area (Å²) in [4.78, 5) is 11.1. The quantitative estimate of drug-likeness (QED) is 0.485. The van der Waals surface area contributed by atoms with Gasteiger partial charge in [0.1, 0.15) is 0 Å². The Kier molecular flexibility index (Phi) is 1.81. The Bertz CT molecular complexity index is 280. The van der Waals surface area contributed by atoms with E-state index in [1.807, 2.05) is 0 Å². The maximum atomic E-state index is 11.1. The largest absolute Gasteiger partial charge is 0.404 e. The third-order valence-corrected chi connectivity index (χ3v) is 1.52. The second-order valence-electron chi connectivity index (χ2n) is 2.38. The van der Waals surface area contributed by atoms with Crippen LogP contribution in [0.25, 0.3) is 0 Å². The van der Waals surface area contributed by atoms with Crippen LogP contribution >= 0.6 is 0 Å². The van der Waals surface area contributed by atoms with Gasteiger partial charge in [0, 0.05) is 23.0 Å². The Labute approximate surface area is 65.1 Å². The highest BCUT2D eigenvalue weighted by Crippen LogP contribution is 2.20. The summed E-state index contributed by atoms with van der Waals surface area (Å²) in [7, 11) is 0. The number of carbonyl (C=O) groups excluding carboxylic acids is 1. The van der Waals surface area contributed by atoms with E-state index in [4.69, 9.17) is 11.5 Å². The van der Waals surface area contributed by atoms with Crippen molar-refractivity contribution < 1.29 is 4.79 Å². The van der Waals surface area contributed by atoms with Gasteiger partial charge in [-0.1, -0.05) is 0 Å². The lowest BCUT2D eigenvalue weighted by Crippen LogP contribution is -2.05. The number of nitrogens with two attached hydrogens (primary N) is 2. The van der Waals surface area contributed by atoms with E-state index in [1.165, 1.54) is 12.3 Å². The zero-order valence-electron chi connectivity index (χ0n) is 6.29. The van der Waals surface area contributed by atoms with E-state index < -0.39 is 0 Å². The summed E-state index contributed by atoms with van der Waals surface area (Å²) in [5.74, 6) is -0.0679. The summed E-state index contributed by atoms with van der Waals surface area (Å²) < 4.78 is 0. The van der Waals surface area contributed by atoms with Crippen LogP contribution in [0.4, 0.5) is 0 Å². The first-order chi connectivity index (χ1) is 5.16. The maximum Gasteiger partial charge on any atom is 0.188 e. The molecular formula is C8H10N2O. The number of rotatable bonds is 0. The van der Waals surface area contributed by atoms with Crippen molar-refractivity contribution >= 4 is 5.78 Å². The van der Waals surface area contributed by atoms with Crippen molar-refractivity contribution in [3.63, 3.8) is 0 Å². The summed E-state index contributed by atoms with van der Waals surface area (Å²) >= 11 is 0. The molecule has 1 aliphatic rings. The molecule has 0 aromatic rings. The minimum Gasteiger partial charge on any atom is -0.404 e. The van der Waals surface area contributed by atoms with Crippen LogP contribution in [0.3, 0.4) is 0 Å². The molecule has 3 nitrogen and oxygen atoms in total. The molecule has 0 heterocycles. The summed E-state index contributed by atoms with van der Waals surface area (Å²) in [6, 6.07) is 0. The number of carbonyl (C=O) groups is 1. The molecule has 11 heavy (non-hydrogen) atoms. The molecular weight excluding hydrogens is 140 g/mol. The first-order valence-corrected chi connectivity index (χ1v) is 3.28. The van der Waals surface area contributed by atoms with Crippen LogP contribution < -0.4 is 11.5 Å². The van der Waals surface area contributed by atoms with Crippen molar-refractivity contribution in [2.24, 2.45) is 11.5 Å². The van der Waals surface area contributed by atoms with Gasteiger partial charge in [0.05, 0.1) is 0 Å². The fourth-order valence-electron chi connectivity index (χ4n) is 1.04. The lowest BCUT2D eigenvalue weighted by Gasteiger charge is -1.99. The Balaban J connectivity index is 3.17. The molecule has 0 aromatic heterocycles. The zero-order valence-corrected chi connectivity index (χ0v) is 6.29. The normalized spacial score (nSPS) is 24.8. The van der Waals surface area contributed by atoms with E-state index in [0.717, 1.165) is 0 Å². The first kappa shape index (κ1) is 7.60. The van der Waals surface area contributed by atoms with Gasteiger partial charge in [-0.3, -0.25) is 4.79 Å². The summed E-state index contributed by atoms with van der Waals surface area (Å²) in [5, 5.41) is 0. The van der Waals surface area contributed by atoms with Crippen molar-refractivity contribution in [2.75, 3.05) is 0 Å². The molecule has 58 valence electrons. The second kappa shape index (κ2) is 2.62. The highest BCUT2D eigenvalue weighted by Gasteiger charge is 2.17. The monoisotopic (exact) mass is 150 g/mol.